The molecule has 0 unspecified atom stereocenters. The lowest BCUT2D eigenvalue weighted by Crippen LogP contribution is -1.91. The molecule has 0 aliphatic heterocycles. The molecule has 0 amide bonds. The van der Waals surface area contributed by atoms with E-state index in [9.17, 15) is 9.18 Å². The monoisotopic (exact) mass is 370 g/mol. The molecule has 74 valence electrons. The van der Waals surface area contributed by atoms with Crippen LogP contribution in [0.5, 0.6) is 0 Å². The predicted octanol–water partition coefficient (Wildman–Crippen LogP) is 3.29. The van der Waals surface area contributed by atoms with Gasteiger partial charge < -0.3 is 5.11 Å². The lowest BCUT2D eigenvalue weighted by Gasteiger charge is -2.02. The van der Waals surface area contributed by atoms with Crippen molar-refractivity contribution in [2.24, 2.45) is 0 Å². The van der Waals surface area contributed by atoms with E-state index >= 15 is 0 Å². The van der Waals surface area contributed by atoms with Crippen LogP contribution in [0, 0.1) is 9.39 Å². The zero-order chi connectivity index (χ0) is 10.7. The molecule has 0 aliphatic rings. The van der Waals surface area contributed by atoms with E-state index in [-0.39, 0.29) is 5.56 Å². The third-order valence-corrected chi connectivity index (χ3v) is 4.04. The van der Waals surface area contributed by atoms with Crippen LogP contribution in [0.1, 0.15) is 5.56 Å². The maximum atomic E-state index is 13.2. The Labute approximate surface area is 102 Å². The highest BCUT2D eigenvalue weighted by Gasteiger charge is 2.07. The average molecular weight is 371 g/mol. The van der Waals surface area contributed by atoms with Crippen molar-refractivity contribution in [3.63, 3.8) is 0 Å². The smallest absolute Gasteiger partial charge is 0.328 e. The molecule has 1 rings (SSSR count). The summed E-state index contributed by atoms with van der Waals surface area (Å²) in [6.07, 6.45) is 2.15. The summed E-state index contributed by atoms with van der Waals surface area (Å²) in [5.41, 5.74) is 0.280. The standard InChI is InChI=1S/C9H5BrFIO2/c10-6-2-3-7(11)5(9(6)12)1-4-8(13)14/h1-4H,(H,13,14)/b4-1+. The van der Waals surface area contributed by atoms with Gasteiger partial charge in [0.2, 0.25) is 0 Å². The van der Waals surface area contributed by atoms with Crippen molar-refractivity contribution in [1.82, 2.24) is 0 Å². The maximum absolute atomic E-state index is 13.2. The molecule has 0 saturated carbocycles. The summed E-state index contributed by atoms with van der Waals surface area (Å²) in [5.74, 6) is -1.53. The highest BCUT2D eigenvalue weighted by atomic mass is 127. The largest absolute Gasteiger partial charge is 0.478 e. The van der Waals surface area contributed by atoms with Gasteiger partial charge in [-0.3, -0.25) is 0 Å². The molecule has 1 N–H and O–H groups in total. The van der Waals surface area contributed by atoms with E-state index in [1.807, 2.05) is 22.6 Å². The lowest BCUT2D eigenvalue weighted by atomic mass is 10.2. The third-order valence-electron chi connectivity index (χ3n) is 1.47. The van der Waals surface area contributed by atoms with E-state index in [4.69, 9.17) is 5.11 Å². The van der Waals surface area contributed by atoms with Crippen LogP contribution in [0.2, 0.25) is 0 Å². The first-order chi connectivity index (χ1) is 6.52. The van der Waals surface area contributed by atoms with Gasteiger partial charge in [-0.1, -0.05) is 0 Å². The second-order valence-electron chi connectivity index (χ2n) is 2.43. The molecule has 0 fully saturated rings. The van der Waals surface area contributed by atoms with Crippen molar-refractivity contribution in [2.45, 2.75) is 0 Å². The Balaban J connectivity index is 3.19. The van der Waals surface area contributed by atoms with Crippen LogP contribution in [0.4, 0.5) is 4.39 Å². The van der Waals surface area contributed by atoms with Crippen molar-refractivity contribution in [1.29, 1.82) is 0 Å². The van der Waals surface area contributed by atoms with Crippen molar-refractivity contribution in [2.75, 3.05) is 0 Å². The van der Waals surface area contributed by atoms with Gasteiger partial charge in [0.25, 0.3) is 0 Å². The topological polar surface area (TPSA) is 37.3 Å². The van der Waals surface area contributed by atoms with E-state index in [2.05, 4.69) is 15.9 Å². The average Bonchev–Trinajstić information content (AvgIpc) is 2.11. The van der Waals surface area contributed by atoms with Gasteiger partial charge in [0.05, 0.1) is 0 Å². The van der Waals surface area contributed by atoms with E-state index in [1.54, 1.807) is 6.07 Å². The number of hydrogen-bond donors (Lipinski definition) is 1. The van der Waals surface area contributed by atoms with Gasteiger partial charge in [-0.25, -0.2) is 9.18 Å². The van der Waals surface area contributed by atoms with Crippen molar-refractivity contribution in [3.05, 3.63) is 37.6 Å². The summed E-state index contributed by atoms with van der Waals surface area (Å²) in [4.78, 5) is 10.3. The second-order valence-corrected chi connectivity index (χ2v) is 4.36. The van der Waals surface area contributed by atoms with Crippen LogP contribution < -0.4 is 0 Å². The summed E-state index contributed by atoms with van der Waals surface area (Å²) >= 11 is 5.18. The first kappa shape index (κ1) is 11.6. The number of carboxylic acid groups (broad SMARTS) is 1. The molecule has 0 heterocycles. The summed E-state index contributed by atoms with van der Waals surface area (Å²) in [5, 5.41) is 8.40. The zero-order valence-electron chi connectivity index (χ0n) is 6.80. The molecule has 0 aromatic heterocycles. The lowest BCUT2D eigenvalue weighted by molar-refractivity contribution is -0.131. The molecule has 0 saturated heterocycles. The number of rotatable bonds is 2. The van der Waals surface area contributed by atoms with E-state index in [0.29, 0.717) is 3.57 Å². The minimum absolute atomic E-state index is 0.280. The number of hydrogen-bond acceptors (Lipinski definition) is 1. The fourth-order valence-electron chi connectivity index (χ4n) is 0.850. The summed E-state index contributed by atoms with van der Waals surface area (Å²) in [6.45, 7) is 0. The molecule has 1 aromatic carbocycles. The zero-order valence-corrected chi connectivity index (χ0v) is 10.5. The van der Waals surface area contributed by atoms with E-state index < -0.39 is 11.8 Å². The van der Waals surface area contributed by atoms with Gasteiger partial charge in [-0.2, -0.15) is 0 Å². The maximum Gasteiger partial charge on any atom is 0.328 e. The summed E-state index contributed by atoms with van der Waals surface area (Å²) in [6, 6.07) is 2.86. The molecule has 0 spiro atoms. The van der Waals surface area contributed by atoms with Crippen molar-refractivity contribution < 1.29 is 14.3 Å². The Bertz CT molecular complexity index is 404. The van der Waals surface area contributed by atoms with Gasteiger partial charge in [-0.15, -0.1) is 0 Å². The van der Waals surface area contributed by atoms with Crippen LogP contribution >= 0.6 is 38.5 Å². The Morgan fingerprint density at radius 2 is 2.21 bits per heavy atom. The number of carbonyl (C=O) groups is 1. The Hall–Kier alpha value is -0.430. The molecular weight excluding hydrogens is 366 g/mol. The number of carboxylic acids is 1. The van der Waals surface area contributed by atoms with Crippen LogP contribution in [0.15, 0.2) is 22.7 Å². The number of benzene rings is 1. The van der Waals surface area contributed by atoms with Gasteiger partial charge in [0.15, 0.2) is 0 Å². The first-order valence-corrected chi connectivity index (χ1v) is 5.44. The number of aliphatic carboxylic acids is 1. The molecule has 0 bridgehead atoms. The highest BCUT2D eigenvalue weighted by molar-refractivity contribution is 14.1. The molecular formula is C9H5BrFIO2. The molecule has 1 aromatic rings. The molecule has 0 aliphatic carbocycles. The molecule has 14 heavy (non-hydrogen) atoms. The van der Waals surface area contributed by atoms with Crippen LogP contribution in [-0.2, 0) is 4.79 Å². The molecule has 0 atom stereocenters. The molecule has 5 heteroatoms. The van der Waals surface area contributed by atoms with Gasteiger partial charge in [-0.05, 0) is 56.7 Å². The number of halogens is 3. The first-order valence-electron chi connectivity index (χ1n) is 3.57. The fourth-order valence-corrected chi connectivity index (χ4v) is 1.81. The Morgan fingerprint density at radius 3 is 2.79 bits per heavy atom. The minimum atomic E-state index is -1.10. The van der Waals surface area contributed by atoms with Crippen molar-refractivity contribution in [3.8, 4) is 0 Å². The molecule has 2 nitrogen and oxygen atoms in total. The summed E-state index contributed by atoms with van der Waals surface area (Å²) in [7, 11) is 0. The van der Waals surface area contributed by atoms with E-state index in [0.717, 1.165) is 10.5 Å². The Morgan fingerprint density at radius 1 is 1.57 bits per heavy atom. The quantitative estimate of drug-likeness (QED) is 0.492. The van der Waals surface area contributed by atoms with E-state index in [1.165, 1.54) is 12.1 Å². The minimum Gasteiger partial charge on any atom is -0.478 e. The second kappa shape index (κ2) is 4.88. The SMILES string of the molecule is O=C(O)/C=C/c1c(F)ccc(Br)c1I. The van der Waals surface area contributed by atoms with Crippen LogP contribution in [0.3, 0.4) is 0 Å². The molecule has 0 radical (unpaired) electrons. The summed E-state index contributed by atoms with van der Waals surface area (Å²) < 4.78 is 14.6. The Kier molecular flexibility index (Phi) is 4.06. The van der Waals surface area contributed by atoms with Gasteiger partial charge in [0, 0.05) is 19.7 Å². The fraction of sp³-hybridized carbons (Fsp3) is 0. The normalized spacial score (nSPS) is 10.8. The van der Waals surface area contributed by atoms with Crippen LogP contribution in [-0.4, -0.2) is 11.1 Å². The van der Waals surface area contributed by atoms with Gasteiger partial charge in [0.1, 0.15) is 5.82 Å². The third kappa shape index (κ3) is 2.78. The highest BCUT2D eigenvalue weighted by Crippen LogP contribution is 2.25. The van der Waals surface area contributed by atoms with Gasteiger partial charge >= 0.3 is 5.97 Å². The predicted molar refractivity (Wildman–Crippen MR) is 63.5 cm³/mol. The van der Waals surface area contributed by atoms with Crippen molar-refractivity contribution >= 4 is 50.6 Å². The van der Waals surface area contributed by atoms with Crippen LogP contribution in [0.25, 0.3) is 6.08 Å².